The molecule has 1 atom stereocenters. The molecule has 4 bridgehead atoms. The molecule has 3 heteroatoms. The zero-order chi connectivity index (χ0) is 13.6. The lowest BCUT2D eigenvalue weighted by Crippen LogP contribution is -2.56. The Hall–Kier alpha value is -0.570. The van der Waals surface area contributed by atoms with Crippen LogP contribution in [0.15, 0.2) is 0 Å². The Balaban J connectivity index is 1.72. The van der Waals surface area contributed by atoms with Crippen molar-refractivity contribution >= 4 is 5.91 Å². The third-order valence-corrected chi connectivity index (χ3v) is 5.90. The number of hydrogen-bond acceptors (Lipinski definition) is 2. The van der Waals surface area contributed by atoms with Gasteiger partial charge in [0.2, 0.25) is 5.91 Å². The fourth-order valence-corrected chi connectivity index (χ4v) is 5.21. The van der Waals surface area contributed by atoms with Crippen LogP contribution in [0.4, 0.5) is 0 Å². The summed E-state index contributed by atoms with van der Waals surface area (Å²) in [6.07, 6.45) is 7.58. The molecule has 19 heavy (non-hydrogen) atoms. The molecule has 1 amide bonds. The summed E-state index contributed by atoms with van der Waals surface area (Å²) < 4.78 is 0. The molecule has 0 aromatic heterocycles. The van der Waals surface area contributed by atoms with Crippen molar-refractivity contribution in [3.05, 3.63) is 0 Å². The highest BCUT2D eigenvalue weighted by atomic mass is 16.2. The minimum Gasteiger partial charge on any atom is -0.351 e. The molecule has 4 aliphatic carbocycles. The van der Waals surface area contributed by atoms with Crippen molar-refractivity contribution in [3.63, 3.8) is 0 Å². The lowest BCUT2D eigenvalue weighted by atomic mass is 9.49. The average molecular weight is 264 g/mol. The van der Waals surface area contributed by atoms with Crippen LogP contribution in [-0.4, -0.2) is 18.5 Å². The van der Waals surface area contributed by atoms with Gasteiger partial charge in [-0.05, 0) is 62.2 Å². The zero-order valence-electron chi connectivity index (χ0n) is 12.3. The summed E-state index contributed by atoms with van der Waals surface area (Å²) in [7, 11) is 0. The van der Waals surface area contributed by atoms with Crippen LogP contribution in [0.25, 0.3) is 0 Å². The fraction of sp³-hybridized carbons (Fsp3) is 0.938. The molecule has 0 radical (unpaired) electrons. The van der Waals surface area contributed by atoms with E-state index >= 15 is 0 Å². The largest absolute Gasteiger partial charge is 0.351 e. The van der Waals surface area contributed by atoms with Gasteiger partial charge in [0.25, 0.3) is 0 Å². The smallest absolute Gasteiger partial charge is 0.226 e. The van der Waals surface area contributed by atoms with Crippen LogP contribution >= 0.6 is 0 Å². The van der Waals surface area contributed by atoms with Gasteiger partial charge >= 0.3 is 0 Å². The van der Waals surface area contributed by atoms with E-state index in [1.807, 2.05) is 0 Å². The Bertz CT molecular complexity index is 328. The van der Waals surface area contributed by atoms with Crippen LogP contribution in [0.1, 0.15) is 52.4 Å². The highest BCUT2D eigenvalue weighted by Gasteiger charge is 2.54. The second kappa shape index (κ2) is 4.76. The summed E-state index contributed by atoms with van der Waals surface area (Å²) in [6, 6.07) is 0.139. The normalized spacial score (nSPS) is 41.6. The highest BCUT2D eigenvalue weighted by Crippen LogP contribution is 2.60. The van der Waals surface area contributed by atoms with Crippen molar-refractivity contribution in [2.24, 2.45) is 34.8 Å². The van der Waals surface area contributed by atoms with Crippen molar-refractivity contribution < 1.29 is 4.79 Å². The number of carbonyl (C=O) groups is 1. The van der Waals surface area contributed by atoms with Crippen LogP contribution in [0.5, 0.6) is 0 Å². The summed E-state index contributed by atoms with van der Waals surface area (Å²) in [4.78, 5) is 12.8. The van der Waals surface area contributed by atoms with Crippen molar-refractivity contribution in [1.82, 2.24) is 5.32 Å². The molecule has 4 rings (SSSR count). The van der Waals surface area contributed by atoms with E-state index in [-0.39, 0.29) is 11.5 Å². The van der Waals surface area contributed by atoms with E-state index < -0.39 is 0 Å². The number of hydrogen-bond donors (Lipinski definition) is 2. The van der Waals surface area contributed by atoms with Crippen molar-refractivity contribution in [2.45, 2.75) is 58.4 Å². The number of carbonyl (C=O) groups excluding carboxylic acids is 1. The molecule has 0 saturated heterocycles. The molecule has 0 spiro atoms. The van der Waals surface area contributed by atoms with Crippen molar-refractivity contribution in [2.75, 3.05) is 6.54 Å². The minimum atomic E-state index is -0.0307. The second-order valence-corrected chi connectivity index (χ2v) is 7.76. The van der Waals surface area contributed by atoms with E-state index in [1.165, 1.54) is 19.3 Å². The van der Waals surface area contributed by atoms with E-state index in [9.17, 15) is 4.79 Å². The Morgan fingerprint density at radius 2 is 1.63 bits per heavy atom. The molecule has 1 unspecified atom stereocenters. The zero-order valence-corrected chi connectivity index (χ0v) is 12.3. The minimum absolute atomic E-state index is 0.0307. The van der Waals surface area contributed by atoms with Gasteiger partial charge in [-0.1, -0.05) is 13.8 Å². The Labute approximate surface area is 116 Å². The maximum Gasteiger partial charge on any atom is 0.226 e. The predicted molar refractivity (Wildman–Crippen MR) is 76.4 cm³/mol. The molecule has 0 heterocycles. The summed E-state index contributed by atoms with van der Waals surface area (Å²) in [5.41, 5.74) is 5.77. The van der Waals surface area contributed by atoms with Crippen molar-refractivity contribution in [1.29, 1.82) is 0 Å². The lowest BCUT2D eigenvalue weighted by Gasteiger charge is -2.56. The maximum atomic E-state index is 12.8. The number of amides is 1. The number of rotatable bonds is 4. The van der Waals surface area contributed by atoms with Gasteiger partial charge in [-0.25, -0.2) is 0 Å². The summed E-state index contributed by atoms with van der Waals surface area (Å²) >= 11 is 0. The van der Waals surface area contributed by atoms with Gasteiger partial charge in [-0.3, -0.25) is 4.79 Å². The number of nitrogens with one attached hydrogen (secondary N) is 1. The highest BCUT2D eigenvalue weighted by molar-refractivity contribution is 5.83. The first kappa shape index (κ1) is 13.4. The molecule has 0 aromatic carbocycles. The van der Waals surface area contributed by atoms with E-state index in [2.05, 4.69) is 19.2 Å². The predicted octanol–water partition coefficient (Wildman–Crippen LogP) is 2.30. The molecule has 0 aromatic rings. The topological polar surface area (TPSA) is 55.1 Å². The van der Waals surface area contributed by atoms with Crippen LogP contribution in [0.2, 0.25) is 0 Å². The van der Waals surface area contributed by atoms with Gasteiger partial charge in [0.05, 0.1) is 0 Å². The second-order valence-electron chi connectivity index (χ2n) is 7.76. The molecule has 4 saturated carbocycles. The first-order valence-electron chi connectivity index (χ1n) is 8.03. The van der Waals surface area contributed by atoms with Gasteiger partial charge < -0.3 is 11.1 Å². The fourth-order valence-electron chi connectivity index (χ4n) is 5.21. The number of nitrogens with two attached hydrogens (primary N) is 1. The average Bonchev–Trinajstić information content (AvgIpc) is 2.33. The third kappa shape index (κ3) is 2.31. The Morgan fingerprint density at radius 3 is 2.00 bits per heavy atom. The molecular weight excluding hydrogens is 236 g/mol. The Kier molecular flexibility index (Phi) is 3.36. The van der Waals surface area contributed by atoms with Gasteiger partial charge in [0.1, 0.15) is 0 Å². The standard InChI is InChI=1S/C16H28N2O/c1-10(2)14(9-17)18-15(19)16-6-11-3-12(7-16)5-13(4-11)8-16/h10-14H,3-9,17H2,1-2H3,(H,18,19). The summed E-state index contributed by atoms with van der Waals surface area (Å²) in [6.45, 7) is 4.82. The van der Waals surface area contributed by atoms with Gasteiger partial charge in [-0.15, -0.1) is 0 Å². The maximum absolute atomic E-state index is 12.8. The SMILES string of the molecule is CC(C)C(CN)NC(=O)C12CC3CC(CC(C3)C1)C2. The van der Waals surface area contributed by atoms with E-state index in [0.717, 1.165) is 37.0 Å². The lowest BCUT2D eigenvalue weighted by molar-refractivity contribution is -0.147. The van der Waals surface area contributed by atoms with Crippen LogP contribution < -0.4 is 11.1 Å². The van der Waals surface area contributed by atoms with Crippen LogP contribution in [0.3, 0.4) is 0 Å². The molecule has 3 N–H and O–H groups in total. The first-order valence-corrected chi connectivity index (χ1v) is 8.03. The first-order chi connectivity index (χ1) is 9.02. The van der Waals surface area contributed by atoms with E-state index in [4.69, 9.17) is 5.73 Å². The Morgan fingerprint density at radius 1 is 1.16 bits per heavy atom. The van der Waals surface area contributed by atoms with E-state index in [0.29, 0.717) is 18.4 Å². The van der Waals surface area contributed by atoms with Gasteiger partial charge in [-0.2, -0.15) is 0 Å². The molecular formula is C16H28N2O. The third-order valence-electron chi connectivity index (χ3n) is 5.90. The quantitative estimate of drug-likeness (QED) is 0.818. The molecule has 3 nitrogen and oxygen atoms in total. The summed E-state index contributed by atoms with van der Waals surface area (Å²) in [5, 5.41) is 3.26. The molecule has 4 aliphatic rings. The van der Waals surface area contributed by atoms with Crippen molar-refractivity contribution in [3.8, 4) is 0 Å². The van der Waals surface area contributed by atoms with Gasteiger partial charge in [0.15, 0.2) is 0 Å². The van der Waals surface area contributed by atoms with Crippen LogP contribution in [-0.2, 0) is 4.79 Å². The summed E-state index contributed by atoms with van der Waals surface area (Å²) in [5.74, 6) is 3.21. The molecule has 108 valence electrons. The van der Waals surface area contributed by atoms with Crippen LogP contribution in [0, 0.1) is 29.1 Å². The molecule has 4 fully saturated rings. The monoisotopic (exact) mass is 264 g/mol. The van der Waals surface area contributed by atoms with E-state index in [1.54, 1.807) is 0 Å². The van der Waals surface area contributed by atoms with Gasteiger partial charge in [0, 0.05) is 18.0 Å². The molecule has 0 aliphatic heterocycles.